The van der Waals surface area contributed by atoms with Gasteiger partial charge in [-0.3, -0.25) is 4.79 Å². The Balaban J connectivity index is 2.55. The van der Waals surface area contributed by atoms with Crippen molar-refractivity contribution in [2.75, 3.05) is 0 Å². The Morgan fingerprint density at radius 3 is 2.28 bits per heavy atom. The summed E-state index contributed by atoms with van der Waals surface area (Å²) >= 11 is 0. The summed E-state index contributed by atoms with van der Waals surface area (Å²) in [5.74, 6) is -1.75. The van der Waals surface area contributed by atoms with Gasteiger partial charge in [0.25, 0.3) is 0 Å². The molecular formula is C36H56O10. The van der Waals surface area contributed by atoms with Crippen molar-refractivity contribution in [3.63, 3.8) is 0 Å². The van der Waals surface area contributed by atoms with Crippen LogP contribution in [-0.2, 0) is 28.5 Å². The second-order valence-electron chi connectivity index (χ2n) is 13.4. The molecule has 1 saturated heterocycles. The second-order valence-corrected chi connectivity index (χ2v) is 13.4. The number of allylic oxidation sites excluding steroid dienone is 4. The summed E-state index contributed by atoms with van der Waals surface area (Å²) in [4.78, 5) is 25.0. The van der Waals surface area contributed by atoms with Gasteiger partial charge in [-0.15, -0.1) is 0 Å². The maximum Gasteiger partial charge on any atom is 0.334 e. The lowest BCUT2D eigenvalue weighted by atomic mass is 9.88. The van der Waals surface area contributed by atoms with Crippen LogP contribution >= 0.6 is 0 Å². The highest BCUT2D eigenvalue weighted by molar-refractivity contribution is 5.88. The summed E-state index contributed by atoms with van der Waals surface area (Å²) in [5.41, 5.74) is 1.51. The van der Waals surface area contributed by atoms with Gasteiger partial charge in [0.1, 0.15) is 23.9 Å². The number of carbonyl (C=O) groups is 2. The first-order valence-electron chi connectivity index (χ1n) is 16.2. The van der Waals surface area contributed by atoms with Crippen molar-refractivity contribution in [1.29, 1.82) is 0 Å². The molecule has 0 radical (unpaired) electrons. The lowest BCUT2D eigenvalue weighted by Gasteiger charge is -2.47. The van der Waals surface area contributed by atoms with Crippen LogP contribution in [0.5, 0.6) is 0 Å². The molecule has 2 aliphatic rings. The van der Waals surface area contributed by atoms with Gasteiger partial charge in [0.05, 0.1) is 24.2 Å². The Morgan fingerprint density at radius 2 is 1.70 bits per heavy atom. The fourth-order valence-corrected chi connectivity index (χ4v) is 5.38. The Kier molecular flexibility index (Phi) is 15.1. The topological polar surface area (TPSA) is 152 Å². The summed E-state index contributed by atoms with van der Waals surface area (Å²) in [7, 11) is 0. The van der Waals surface area contributed by atoms with Crippen molar-refractivity contribution < 1.29 is 49.0 Å². The summed E-state index contributed by atoms with van der Waals surface area (Å²) in [5, 5.41) is 43.5. The monoisotopic (exact) mass is 648 g/mol. The molecule has 1 unspecified atom stereocenters. The molecule has 0 aliphatic carbocycles. The van der Waals surface area contributed by atoms with Crippen molar-refractivity contribution in [2.45, 2.75) is 143 Å². The van der Waals surface area contributed by atoms with Gasteiger partial charge in [-0.2, -0.15) is 0 Å². The molecule has 0 aromatic rings. The number of aliphatic hydroxyl groups is 4. The predicted molar refractivity (Wildman–Crippen MR) is 175 cm³/mol. The van der Waals surface area contributed by atoms with Crippen LogP contribution in [0.3, 0.4) is 0 Å². The van der Waals surface area contributed by atoms with Gasteiger partial charge in [0.2, 0.25) is 0 Å². The minimum absolute atomic E-state index is 0.262. The smallest absolute Gasteiger partial charge is 0.334 e. The van der Waals surface area contributed by atoms with Gasteiger partial charge in [-0.25, -0.2) is 4.79 Å². The molecule has 1 fully saturated rings. The number of esters is 2. The molecule has 0 spiro atoms. The van der Waals surface area contributed by atoms with Crippen LogP contribution in [0.15, 0.2) is 58.7 Å². The number of carbonyl (C=O) groups excluding carboxylic acids is 2. The first-order chi connectivity index (χ1) is 21.4. The molecule has 0 saturated carbocycles. The molecule has 0 amide bonds. The predicted octanol–water partition coefficient (Wildman–Crippen LogP) is 4.61. The number of cyclic esters (lactones) is 1. The standard InChI is InChI=1S/C36H56O10/c1-11-26-19-23(6)27(38)15-13-12-14-22(5)34(42)43-28(25(8)37)17-16-21(4)18-24(7)31(26)44-35-30(40)29(39)32(36(9,10)46-35)45-33(41)20(2)3/h12-14,16,18-20,25-32,35,37-40H,11,15,17H2,1-10H3/t25?,26-,27-,28-,29+,30-,31-,32-,35+/m0/s1. The highest BCUT2D eigenvalue weighted by atomic mass is 16.7. The summed E-state index contributed by atoms with van der Waals surface area (Å²) in [6, 6.07) is 0. The third kappa shape index (κ3) is 11.0. The highest BCUT2D eigenvalue weighted by Gasteiger charge is 2.52. The van der Waals surface area contributed by atoms with E-state index in [-0.39, 0.29) is 12.3 Å². The summed E-state index contributed by atoms with van der Waals surface area (Å²) in [6.07, 6.45) is 3.49. The summed E-state index contributed by atoms with van der Waals surface area (Å²) < 4.78 is 23.8. The largest absolute Gasteiger partial charge is 0.456 e. The van der Waals surface area contributed by atoms with Crippen molar-refractivity contribution in [2.24, 2.45) is 11.8 Å². The van der Waals surface area contributed by atoms with Crippen molar-refractivity contribution in [3.8, 4) is 0 Å². The van der Waals surface area contributed by atoms with Crippen LogP contribution < -0.4 is 0 Å². The molecule has 0 aromatic heterocycles. The van der Waals surface area contributed by atoms with Crippen LogP contribution in [0.1, 0.15) is 88.5 Å². The van der Waals surface area contributed by atoms with E-state index in [9.17, 15) is 30.0 Å². The van der Waals surface area contributed by atoms with E-state index >= 15 is 0 Å². The SMILES string of the molecule is CC[C@H]1C=C(C)[C@@H](O)CC=CC=C(C)C(=O)O[C@H](C(C)O)CC=C(C)C=C(C)[C@@H]1O[C@@H]1OC(C)(C)[C@@H](OC(=O)C(C)C)[C@H](O)[C@@H]1O. The van der Waals surface area contributed by atoms with Gasteiger partial charge in [0.15, 0.2) is 12.4 Å². The van der Waals surface area contributed by atoms with Gasteiger partial charge >= 0.3 is 11.9 Å². The Hall–Kier alpha value is -2.60. The molecule has 0 bridgehead atoms. The average Bonchev–Trinajstić information content (AvgIpc) is 2.98. The Bertz CT molecular complexity index is 1190. The lowest BCUT2D eigenvalue weighted by molar-refractivity contribution is -0.333. The van der Waals surface area contributed by atoms with Crippen LogP contribution in [0.4, 0.5) is 0 Å². The second kappa shape index (κ2) is 17.5. The maximum atomic E-state index is 12.7. The molecular weight excluding hydrogens is 592 g/mol. The average molecular weight is 649 g/mol. The zero-order chi connectivity index (χ0) is 34.9. The molecule has 260 valence electrons. The fraction of sp³-hybridized carbons (Fsp3) is 0.667. The third-order valence-electron chi connectivity index (χ3n) is 8.44. The zero-order valence-electron chi connectivity index (χ0n) is 29.1. The number of ether oxygens (including phenoxy) is 4. The molecule has 0 aromatic carbocycles. The van der Waals surface area contributed by atoms with Crippen LogP contribution in [0.2, 0.25) is 0 Å². The fourth-order valence-electron chi connectivity index (χ4n) is 5.38. The van der Waals surface area contributed by atoms with E-state index in [0.717, 1.165) is 16.7 Å². The van der Waals surface area contributed by atoms with Crippen molar-refractivity contribution >= 4 is 11.9 Å². The van der Waals surface area contributed by atoms with Gasteiger partial charge in [-0.1, -0.05) is 62.8 Å². The number of aliphatic hydroxyl groups excluding tert-OH is 4. The van der Waals surface area contributed by atoms with E-state index in [0.29, 0.717) is 18.4 Å². The lowest BCUT2D eigenvalue weighted by Crippen LogP contribution is -2.64. The van der Waals surface area contributed by atoms with Crippen LogP contribution in [0, 0.1) is 11.8 Å². The van der Waals surface area contributed by atoms with E-state index in [1.54, 1.807) is 59.8 Å². The van der Waals surface area contributed by atoms with Gasteiger partial charge in [0, 0.05) is 17.9 Å². The molecule has 2 rings (SSSR count). The first-order valence-corrected chi connectivity index (χ1v) is 16.2. The number of hydrogen-bond acceptors (Lipinski definition) is 10. The van der Waals surface area contributed by atoms with Crippen molar-refractivity contribution in [3.05, 3.63) is 58.7 Å². The van der Waals surface area contributed by atoms with Gasteiger partial charge in [-0.05, 0) is 72.5 Å². The molecule has 4 N–H and O–H groups in total. The molecule has 2 heterocycles. The van der Waals surface area contributed by atoms with Crippen molar-refractivity contribution in [1.82, 2.24) is 0 Å². The molecule has 46 heavy (non-hydrogen) atoms. The molecule has 10 nitrogen and oxygen atoms in total. The number of hydrogen-bond donors (Lipinski definition) is 4. The van der Waals surface area contributed by atoms with E-state index < -0.39 is 72.5 Å². The van der Waals surface area contributed by atoms with E-state index in [1.165, 1.54) is 0 Å². The minimum Gasteiger partial charge on any atom is -0.456 e. The minimum atomic E-state index is -1.52. The zero-order valence-corrected chi connectivity index (χ0v) is 29.1. The molecule has 10 heteroatoms. The van der Waals surface area contributed by atoms with E-state index in [4.69, 9.17) is 18.9 Å². The van der Waals surface area contributed by atoms with Crippen LogP contribution in [-0.4, -0.2) is 87.0 Å². The van der Waals surface area contributed by atoms with Gasteiger partial charge < -0.3 is 39.4 Å². The molecule has 2 aliphatic heterocycles. The first kappa shape index (κ1) is 39.6. The number of rotatable bonds is 6. The Labute approximate surface area is 274 Å². The van der Waals surface area contributed by atoms with E-state index in [2.05, 4.69) is 0 Å². The van der Waals surface area contributed by atoms with E-state index in [1.807, 2.05) is 45.9 Å². The maximum absolute atomic E-state index is 12.7. The Morgan fingerprint density at radius 1 is 1.04 bits per heavy atom. The highest BCUT2D eigenvalue weighted by Crippen LogP contribution is 2.36. The quantitative estimate of drug-likeness (QED) is 0.237. The normalized spacial score (nSPS) is 32.6. The van der Waals surface area contributed by atoms with Crippen LogP contribution in [0.25, 0.3) is 0 Å². The summed E-state index contributed by atoms with van der Waals surface area (Å²) in [6.45, 7) is 17.5. The molecule has 9 atom stereocenters. The third-order valence-corrected chi connectivity index (χ3v) is 8.44.